The Morgan fingerprint density at radius 1 is 1.14 bits per heavy atom. The maximum Gasteiger partial charge on any atom is 0.0589 e. The van der Waals surface area contributed by atoms with E-state index in [2.05, 4.69) is 50.8 Å². The van der Waals surface area contributed by atoms with Gasteiger partial charge < -0.3 is 10.5 Å². The highest BCUT2D eigenvalue weighted by atomic mass is 16.5. The highest BCUT2D eigenvalue weighted by Gasteiger charge is 2.18. The van der Waals surface area contributed by atoms with E-state index in [0.717, 1.165) is 32.5 Å². The zero-order valence-corrected chi connectivity index (χ0v) is 14.4. The molecule has 0 amide bonds. The third kappa shape index (κ3) is 5.42. The van der Waals surface area contributed by atoms with Crippen LogP contribution in [0, 0.1) is 13.8 Å². The molecule has 2 N–H and O–H groups in total. The first-order valence-corrected chi connectivity index (χ1v) is 8.09. The summed E-state index contributed by atoms with van der Waals surface area (Å²) in [7, 11) is 1.76. The predicted octanol–water partition coefficient (Wildman–Crippen LogP) is 3.44. The molecule has 1 aromatic rings. The molecule has 120 valence electrons. The zero-order valence-electron chi connectivity index (χ0n) is 14.4. The van der Waals surface area contributed by atoms with Crippen molar-refractivity contribution in [2.75, 3.05) is 26.8 Å². The molecule has 0 aliphatic rings. The van der Waals surface area contributed by atoms with Gasteiger partial charge in [-0.15, -0.1) is 0 Å². The van der Waals surface area contributed by atoms with Crippen LogP contribution >= 0.6 is 0 Å². The molecule has 21 heavy (non-hydrogen) atoms. The maximum absolute atomic E-state index is 6.45. The summed E-state index contributed by atoms with van der Waals surface area (Å²) in [5, 5.41) is 0. The molecule has 3 nitrogen and oxygen atoms in total. The molecule has 0 aliphatic carbocycles. The Morgan fingerprint density at radius 2 is 1.81 bits per heavy atom. The molecule has 0 bridgehead atoms. The first-order chi connectivity index (χ1) is 10.0. The number of methoxy groups -OCH3 is 1. The fourth-order valence-corrected chi connectivity index (χ4v) is 2.79. The Hall–Kier alpha value is -0.900. The lowest BCUT2D eigenvalue weighted by atomic mass is 10.00. The average Bonchev–Trinajstić information content (AvgIpc) is 2.48. The minimum atomic E-state index is 0.0572. The van der Waals surface area contributed by atoms with Crippen molar-refractivity contribution >= 4 is 0 Å². The molecule has 0 aliphatic heterocycles. The molecular weight excluding hydrogens is 260 g/mol. The van der Waals surface area contributed by atoms with E-state index in [-0.39, 0.29) is 6.04 Å². The van der Waals surface area contributed by atoms with Gasteiger partial charge in [-0.25, -0.2) is 0 Å². The van der Waals surface area contributed by atoms with Gasteiger partial charge in [0.1, 0.15) is 0 Å². The molecular formula is C18H32N2O. The standard InChI is InChI=1S/C18H32N2O/c1-6-17(7-2)20(10-11-21-5)13-18(19)16-9-8-14(3)15(4)12-16/h8-9,12,17-18H,6-7,10-11,13,19H2,1-5H3. The van der Waals surface area contributed by atoms with E-state index in [1.165, 1.54) is 16.7 Å². The molecule has 0 spiro atoms. The maximum atomic E-state index is 6.45. The third-order valence-electron chi connectivity index (χ3n) is 4.43. The molecule has 3 heteroatoms. The largest absolute Gasteiger partial charge is 0.383 e. The van der Waals surface area contributed by atoms with Gasteiger partial charge in [0.2, 0.25) is 0 Å². The van der Waals surface area contributed by atoms with Crippen LogP contribution in [0.3, 0.4) is 0 Å². The number of aryl methyl sites for hydroxylation is 2. The van der Waals surface area contributed by atoms with Crippen molar-refractivity contribution in [3.63, 3.8) is 0 Å². The van der Waals surface area contributed by atoms with Gasteiger partial charge in [0.15, 0.2) is 0 Å². The molecule has 1 rings (SSSR count). The van der Waals surface area contributed by atoms with Crippen molar-refractivity contribution < 1.29 is 4.74 Å². The van der Waals surface area contributed by atoms with Crippen molar-refractivity contribution in [3.8, 4) is 0 Å². The summed E-state index contributed by atoms with van der Waals surface area (Å²) in [5.74, 6) is 0. The number of nitrogens with two attached hydrogens (primary N) is 1. The Labute approximate surface area is 130 Å². The molecule has 1 unspecified atom stereocenters. The lowest BCUT2D eigenvalue weighted by Gasteiger charge is -2.32. The van der Waals surface area contributed by atoms with Gasteiger partial charge in [-0.3, -0.25) is 4.90 Å². The fourth-order valence-electron chi connectivity index (χ4n) is 2.79. The average molecular weight is 292 g/mol. The number of hydrogen-bond acceptors (Lipinski definition) is 3. The Kier molecular flexibility index (Phi) is 7.94. The van der Waals surface area contributed by atoms with Gasteiger partial charge >= 0.3 is 0 Å². The van der Waals surface area contributed by atoms with Crippen LogP contribution in [0.1, 0.15) is 49.4 Å². The Balaban J connectivity index is 2.78. The van der Waals surface area contributed by atoms with Crippen LogP contribution in [-0.4, -0.2) is 37.7 Å². The second-order valence-electron chi connectivity index (χ2n) is 5.91. The number of hydrogen-bond donors (Lipinski definition) is 1. The quantitative estimate of drug-likeness (QED) is 0.757. The molecule has 0 saturated carbocycles. The number of rotatable bonds is 9. The smallest absolute Gasteiger partial charge is 0.0589 e. The van der Waals surface area contributed by atoms with Crippen LogP contribution in [0.15, 0.2) is 18.2 Å². The van der Waals surface area contributed by atoms with E-state index in [0.29, 0.717) is 6.04 Å². The number of nitrogens with zero attached hydrogens (tertiary/aromatic N) is 1. The summed E-state index contributed by atoms with van der Waals surface area (Å²) in [6.07, 6.45) is 2.31. The monoisotopic (exact) mass is 292 g/mol. The summed E-state index contributed by atoms with van der Waals surface area (Å²) in [4.78, 5) is 2.48. The van der Waals surface area contributed by atoms with Crippen molar-refractivity contribution in [2.24, 2.45) is 5.73 Å². The van der Waals surface area contributed by atoms with Crippen molar-refractivity contribution in [3.05, 3.63) is 34.9 Å². The molecule has 1 aromatic carbocycles. The van der Waals surface area contributed by atoms with Crippen LogP contribution in [0.2, 0.25) is 0 Å². The van der Waals surface area contributed by atoms with Crippen LogP contribution < -0.4 is 5.73 Å². The van der Waals surface area contributed by atoms with Crippen LogP contribution in [-0.2, 0) is 4.74 Å². The van der Waals surface area contributed by atoms with Crippen LogP contribution in [0.25, 0.3) is 0 Å². The van der Waals surface area contributed by atoms with Crippen molar-refractivity contribution in [1.29, 1.82) is 0 Å². The topological polar surface area (TPSA) is 38.5 Å². The van der Waals surface area contributed by atoms with Crippen molar-refractivity contribution in [1.82, 2.24) is 4.90 Å². The Morgan fingerprint density at radius 3 is 2.33 bits per heavy atom. The summed E-state index contributed by atoms with van der Waals surface area (Å²) < 4.78 is 5.25. The summed E-state index contributed by atoms with van der Waals surface area (Å²) in [6.45, 7) is 11.4. The highest BCUT2D eigenvalue weighted by Crippen LogP contribution is 2.18. The molecule has 0 aromatic heterocycles. The van der Waals surface area contributed by atoms with Crippen LogP contribution in [0.4, 0.5) is 0 Å². The minimum absolute atomic E-state index is 0.0572. The van der Waals surface area contributed by atoms with E-state index in [4.69, 9.17) is 10.5 Å². The lowest BCUT2D eigenvalue weighted by molar-refractivity contribution is 0.110. The summed E-state index contributed by atoms with van der Waals surface area (Å²) >= 11 is 0. The van der Waals surface area contributed by atoms with Gasteiger partial charge in [-0.05, 0) is 43.4 Å². The van der Waals surface area contributed by atoms with Gasteiger partial charge in [0.25, 0.3) is 0 Å². The van der Waals surface area contributed by atoms with E-state index >= 15 is 0 Å². The summed E-state index contributed by atoms with van der Waals surface area (Å²) in [5.41, 5.74) is 10.3. The second-order valence-corrected chi connectivity index (χ2v) is 5.91. The van der Waals surface area contributed by atoms with E-state index in [1.54, 1.807) is 7.11 Å². The zero-order chi connectivity index (χ0) is 15.8. The van der Waals surface area contributed by atoms with Gasteiger partial charge in [-0.2, -0.15) is 0 Å². The normalized spacial score (nSPS) is 13.1. The van der Waals surface area contributed by atoms with Crippen molar-refractivity contribution in [2.45, 2.75) is 52.6 Å². The molecule has 0 heterocycles. The van der Waals surface area contributed by atoms with Gasteiger partial charge in [0, 0.05) is 32.3 Å². The molecule has 1 atom stereocenters. The van der Waals surface area contributed by atoms with Crippen LogP contribution in [0.5, 0.6) is 0 Å². The SMILES string of the molecule is CCC(CC)N(CCOC)CC(N)c1ccc(C)c(C)c1. The van der Waals surface area contributed by atoms with E-state index in [1.807, 2.05) is 0 Å². The Bertz CT molecular complexity index is 416. The fraction of sp³-hybridized carbons (Fsp3) is 0.667. The first-order valence-electron chi connectivity index (χ1n) is 8.09. The first kappa shape index (κ1) is 18.1. The minimum Gasteiger partial charge on any atom is -0.383 e. The van der Waals surface area contributed by atoms with Gasteiger partial charge in [-0.1, -0.05) is 32.0 Å². The summed E-state index contributed by atoms with van der Waals surface area (Å²) in [6, 6.07) is 7.19. The van der Waals surface area contributed by atoms with E-state index in [9.17, 15) is 0 Å². The number of ether oxygens (including phenoxy) is 1. The molecule has 0 fully saturated rings. The third-order valence-corrected chi connectivity index (χ3v) is 4.43. The van der Waals surface area contributed by atoms with E-state index < -0.39 is 0 Å². The highest BCUT2D eigenvalue weighted by molar-refractivity contribution is 5.31. The second kappa shape index (κ2) is 9.19. The van der Waals surface area contributed by atoms with Gasteiger partial charge in [0.05, 0.1) is 6.61 Å². The molecule has 0 saturated heterocycles. The predicted molar refractivity (Wildman–Crippen MR) is 90.7 cm³/mol. The molecule has 0 radical (unpaired) electrons. The number of benzene rings is 1. The lowest BCUT2D eigenvalue weighted by Crippen LogP contribution is -2.41.